The third kappa shape index (κ3) is 13.3. The Hall–Kier alpha value is -5.42. The van der Waals surface area contributed by atoms with E-state index >= 15 is 0 Å². The average Bonchev–Trinajstić information content (AvgIpc) is 3.34. The van der Waals surface area contributed by atoms with Gasteiger partial charge in [-0.05, 0) is 45.9 Å². The van der Waals surface area contributed by atoms with Crippen LogP contribution in [0.3, 0.4) is 0 Å². The highest BCUT2D eigenvalue weighted by molar-refractivity contribution is 5.18. The molecular weight excluding hydrogens is 789 g/mol. The summed E-state index contributed by atoms with van der Waals surface area (Å²) in [6, 6.07) is 61.3. The smallest absolute Gasteiger partial charge is 0.148 e. The third-order valence-electron chi connectivity index (χ3n) is 11.5. The molecule has 0 radical (unpaired) electrons. The van der Waals surface area contributed by atoms with E-state index in [1.165, 1.54) is 0 Å². The highest BCUT2D eigenvalue weighted by Crippen LogP contribution is 2.37. The van der Waals surface area contributed by atoms with Gasteiger partial charge in [0.1, 0.15) is 36.6 Å². The lowest BCUT2D eigenvalue weighted by Gasteiger charge is -2.47. The van der Waals surface area contributed by atoms with Gasteiger partial charge in [-0.15, -0.1) is 0 Å². The van der Waals surface area contributed by atoms with E-state index in [2.05, 4.69) is 78.9 Å². The van der Waals surface area contributed by atoms with Crippen molar-refractivity contribution in [1.29, 1.82) is 0 Å². The quantitative estimate of drug-likeness (QED) is 0.0669. The van der Waals surface area contributed by atoms with E-state index in [0.717, 1.165) is 33.4 Å². The number of hydrogen-bond donors (Lipinski definition) is 0. The SMILES string of the molecule is C1=C[C@H](C[C@@H]2O[C@H](COCc3ccccc3)[C@@H](OCc3ccccc3)[C@H](OCc3ccccc3)[C@H]2OCc2ccccc2)[C@@H](OCc2ccccc2)[C@H](COCc2ccccc2)O1. The van der Waals surface area contributed by atoms with Crippen molar-refractivity contribution in [1.82, 2.24) is 0 Å². The molecule has 0 unspecified atom stereocenters. The normalized spacial score (nSPS) is 23.2. The van der Waals surface area contributed by atoms with Crippen LogP contribution in [0.1, 0.15) is 39.8 Å². The zero-order valence-corrected chi connectivity index (χ0v) is 35.7. The van der Waals surface area contributed by atoms with Gasteiger partial charge in [0.05, 0.1) is 65.2 Å². The fraction of sp³-hybridized carbons (Fsp3) is 0.309. The Balaban J connectivity index is 1.11. The fourth-order valence-corrected chi connectivity index (χ4v) is 8.26. The van der Waals surface area contributed by atoms with Crippen LogP contribution in [0.5, 0.6) is 0 Å². The second kappa shape index (κ2) is 23.9. The van der Waals surface area contributed by atoms with Gasteiger partial charge in [0.15, 0.2) is 0 Å². The van der Waals surface area contributed by atoms with Gasteiger partial charge < -0.3 is 37.9 Å². The Morgan fingerprint density at radius 1 is 0.333 bits per heavy atom. The number of hydrogen-bond acceptors (Lipinski definition) is 8. The summed E-state index contributed by atoms with van der Waals surface area (Å²) in [6.07, 6.45) is 1.20. The number of rotatable bonds is 22. The van der Waals surface area contributed by atoms with Gasteiger partial charge in [0.25, 0.3) is 0 Å². The van der Waals surface area contributed by atoms with Crippen LogP contribution in [-0.4, -0.2) is 55.9 Å². The van der Waals surface area contributed by atoms with Crippen LogP contribution < -0.4 is 0 Å². The Morgan fingerprint density at radius 3 is 1.08 bits per heavy atom. The van der Waals surface area contributed by atoms with E-state index in [1.807, 2.05) is 109 Å². The molecule has 63 heavy (non-hydrogen) atoms. The average molecular weight is 847 g/mol. The molecule has 6 aromatic rings. The highest BCUT2D eigenvalue weighted by Gasteiger charge is 2.50. The van der Waals surface area contributed by atoms with Crippen molar-refractivity contribution >= 4 is 0 Å². The van der Waals surface area contributed by atoms with Gasteiger partial charge in [-0.3, -0.25) is 0 Å². The Bertz CT molecular complexity index is 2180. The van der Waals surface area contributed by atoms with Crippen molar-refractivity contribution in [3.8, 4) is 0 Å². The van der Waals surface area contributed by atoms with E-state index in [9.17, 15) is 0 Å². The first kappa shape index (κ1) is 44.2. The minimum Gasteiger partial charge on any atom is -0.493 e. The molecule has 6 aromatic carbocycles. The number of benzene rings is 6. The zero-order chi connectivity index (χ0) is 42.7. The summed E-state index contributed by atoms with van der Waals surface area (Å²) >= 11 is 0. The number of ether oxygens (including phenoxy) is 8. The summed E-state index contributed by atoms with van der Waals surface area (Å²) in [5, 5.41) is 0. The van der Waals surface area contributed by atoms with Crippen LogP contribution in [0, 0.1) is 5.92 Å². The Kier molecular flexibility index (Phi) is 16.7. The molecule has 8 nitrogen and oxygen atoms in total. The van der Waals surface area contributed by atoms with E-state index in [-0.39, 0.29) is 24.7 Å². The molecule has 0 aliphatic carbocycles. The zero-order valence-electron chi connectivity index (χ0n) is 35.7. The first-order valence-corrected chi connectivity index (χ1v) is 22.1. The standard InChI is InChI=1S/C55H58O8/c1-7-19-42(20-8-1)34-56-40-50-52(59-36-44-23-11-3-12-24-44)48(31-32-58-50)33-49-53(60-37-45-25-13-4-14-26-45)55(62-39-47-29-17-6-18-30-47)54(61-38-46-27-15-5-16-28-46)51(63-49)41-57-35-43-21-9-2-10-22-43/h1-32,48-55H,33-41H2/t48-,49+,50+,51-,52-,53+,54-,55-/m1/s1. The van der Waals surface area contributed by atoms with E-state index < -0.39 is 30.5 Å². The van der Waals surface area contributed by atoms with Gasteiger partial charge in [-0.2, -0.15) is 0 Å². The van der Waals surface area contributed by atoms with E-state index in [0.29, 0.717) is 52.7 Å². The summed E-state index contributed by atoms with van der Waals surface area (Å²) in [7, 11) is 0. The summed E-state index contributed by atoms with van der Waals surface area (Å²) in [5.41, 5.74) is 6.43. The monoisotopic (exact) mass is 846 g/mol. The second-order valence-corrected chi connectivity index (χ2v) is 16.2. The second-order valence-electron chi connectivity index (χ2n) is 16.2. The largest absolute Gasteiger partial charge is 0.493 e. The van der Waals surface area contributed by atoms with Crippen LogP contribution in [0.4, 0.5) is 0 Å². The predicted molar refractivity (Wildman–Crippen MR) is 243 cm³/mol. The summed E-state index contributed by atoms with van der Waals surface area (Å²) in [6.45, 7) is 3.06. The molecule has 2 aliphatic rings. The molecule has 2 heterocycles. The topological polar surface area (TPSA) is 73.8 Å². The summed E-state index contributed by atoms with van der Waals surface area (Å²) < 4.78 is 54.3. The van der Waals surface area contributed by atoms with Crippen LogP contribution >= 0.6 is 0 Å². The lowest BCUT2D eigenvalue weighted by molar-refractivity contribution is -0.276. The molecule has 8 rings (SSSR count). The van der Waals surface area contributed by atoms with Gasteiger partial charge in [-0.1, -0.05) is 182 Å². The van der Waals surface area contributed by atoms with E-state index in [1.54, 1.807) is 6.26 Å². The lowest BCUT2D eigenvalue weighted by Crippen LogP contribution is -2.61. The van der Waals surface area contributed by atoms with Crippen LogP contribution in [-0.2, 0) is 77.5 Å². The third-order valence-corrected chi connectivity index (χ3v) is 11.5. The van der Waals surface area contributed by atoms with Crippen molar-refractivity contribution < 1.29 is 37.9 Å². The summed E-state index contributed by atoms with van der Waals surface area (Å²) in [4.78, 5) is 0. The molecule has 0 amide bonds. The molecule has 1 fully saturated rings. The van der Waals surface area contributed by atoms with E-state index in [4.69, 9.17) is 37.9 Å². The first-order valence-electron chi connectivity index (χ1n) is 22.1. The molecule has 1 saturated heterocycles. The van der Waals surface area contributed by atoms with Gasteiger partial charge >= 0.3 is 0 Å². The van der Waals surface area contributed by atoms with Gasteiger partial charge in [0.2, 0.25) is 0 Å². The van der Waals surface area contributed by atoms with Gasteiger partial charge in [-0.25, -0.2) is 0 Å². The molecule has 0 bridgehead atoms. The molecule has 8 heteroatoms. The van der Waals surface area contributed by atoms with Crippen molar-refractivity contribution in [3.05, 3.63) is 228 Å². The highest BCUT2D eigenvalue weighted by atomic mass is 16.6. The molecular formula is C55H58O8. The molecule has 0 N–H and O–H groups in total. The van der Waals surface area contributed by atoms with Crippen LogP contribution in [0.2, 0.25) is 0 Å². The van der Waals surface area contributed by atoms with Crippen LogP contribution in [0.25, 0.3) is 0 Å². The summed E-state index contributed by atoms with van der Waals surface area (Å²) in [5.74, 6) is -0.122. The van der Waals surface area contributed by atoms with Crippen LogP contribution in [0.15, 0.2) is 194 Å². The maximum atomic E-state index is 7.28. The minimum absolute atomic E-state index is 0.122. The molecule has 326 valence electrons. The van der Waals surface area contributed by atoms with Crippen molar-refractivity contribution in [3.63, 3.8) is 0 Å². The molecule has 0 spiro atoms. The Labute approximate surface area is 372 Å². The molecule has 0 aromatic heterocycles. The Morgan fingerprint density at radius 2 is 0.667 bits per heavy atom. The van der Waals surface area contributed by atoms with Gasteiger partial charge in [0, 0.05) is 5.92 Å². The lowest BCUT2D eigenvalue weighted by atomic mass is 9.84. The predicted octanol–water partition coefficient (Wildman–Crippen LogP) is 10.4. The van der Waals surface area contributed by atoms with Crippen molar-refractivity contribution in [2.24, 2.45) is 5.92 Å². The first-order chi connectivity index (χ1) is 31.2. The fourth-order valence-electron chi connectivity index (χ4n) is 8.26. The van der Waals surface area contributed by atoms with Crippen molar-refractivity contribution in [2.75, 3.05) is 13.2 Å². The molecule has 8 atom stereocenters. The molecule has 0 saturated carbocycles. The van der Waals surface area contributed by atoms with Crippen molar-refractivity contribution in [2.45, 2.75) is 88.8 Å². The molecule has 2 aliphatic heterocycles. The maximum Gasteiger partial charge on any atom is 0.148 e. The maximum absolute atomic E-state index is 7.28. The minimum atomic E-state index is -0.531.